The maximum Gasteiger partial charge on any atom is 0.248 e. The average molecular weight is 246 g/mol. The molecule has 1 aromatic heterocycles. The molecule has 0 spiro atoms. The van der Waals surface area contributed by atoms with Crippen LogP contribution in [0.1, 0.15) is 11.5 Å². The fraction of sp³-hybridized carbons (Fsp3) is 0.667. The Bertz CT molecular complexity index is 454. The minimum absolute atomic E-state index is 0.189. The van der Waals surface area contributed by atoms with Crippen molar-refractivity contribution in [2.45, 2.75) is 18.7 Å². The lowest BCUT2D eigenvalue weighted by Crippen LogP contribution is -2.40. The van der Waals surface area contributed by atoms with Crippen LogP contribution in [0, 0.1) is 13.8 Å². The quantitative estimate of drug-likeness (QED) is 0.751. The number of sulfonamides is 1. The topological polar surface area (TPSA) is 72.6 Å². The molecule has 1 aliphatic heterocycles. The average Bonchev–Trinajstić information content (AvgIpc) is 2.60. The van der Waals surface area contributed by atoms with Crippen molar-refractivity contribution in [2.24, 2.45) is 0 Å². The Balaban J connectivity index is 2.38. The molecule has 0 aromatic carbocycles. The molecule has 1 fully saturated rings. The molecular weight excluding hydrogens is 232 g/mol. The number of morpholine rings is 1. The lowest BCUT2D eigenvalue weighted by atomic mass is 10.4. The first-order valence-electron chi connectivity index (χ1n) is 5.04. The largest absolute Gasteiger partial charge is 0.379 e. The van der Waals surface area contributed by atoms with Crippen LogP contribution >= 0.6 is 0 Å². The van der Waals surface area contributed by atoms with Crippen molar-refractivity contribution in [2.75, 3.05) is 26.3 Å². The van der Waals surface area contributed by atoms with E-state index in [2.05, 4.69) is 5.16 Å². The molecule has 0 unspecified atom stereocenters. The molecule has 1 aromatic rings. The predicted molar refractivity (Wildman–Crippen MR) is 55.6 cm³/mol. The summed E-state index contributed by atoms with van der Waals surface area (Å²) < 4.78 is 35.9. The highest BCUT2D eigenvalue weighted by Crippen LogP contribution is 2.23. The van der Waals surface area contributed by atoms with Gasteiger partial charge in [-0.05, 0) is 13.8 Å². The second-order valence-corrected chi connectivity index (χ2v) is 5.54. The van der Waals surface area contributed by atoms with Crippen LogP contribution in [-0.2, 0) is 14.8 Å². The summed E-state index contributed by atoms with van der Waals surface area (Å²) in [6, 6.07) is 0. The third-order valence-corrected chi connectivity index (χ3v) is 4.68. The summed E-state index contributed by atoms with van der Waals surface area (Å²) in [7, 11) is -3.48. The smallest absolute Gasteiger partial charge is 0.248 e. The second kappa shape index (κ2) is 4.15. The highest BCUT2D eigenvalue weighted by Gasteiger charge is 2.31. The first kappa shape index (κ1) is 11.6. The monoisotopic (exact) mass is 246 g/mol. The summed E-state index contributed by atoms with van der Waals surface area (Å²) >= 11 is 0. The van der Waals surface area contributed by atoms with Gasteiger partial charge in [-0.1, -0.05) is 5.16 Å². The molecule has 90 valence electrons. The van der Waals surface area contributed by atoms with Gasteiger partial charge in [0.2, 0.25) is 10.0 Å². The van der Waals surface area contributed by atoms with E-state index in [0.717, 1.165) is 0 Å². The van der Waals surface area contributed by atoms with E-state index >= 15 is 0 Å². The zero-order chi connectivity index (χ0) is 11.8. The summed E-state index contributed by atoms with van der Waals surface area (Å²) in [6.45, 7) is 4.86. The number of nitrogens with zero attached hydrogens (tertiary/aromatic N) is 2. The van der Waals surface area contributed by atoms with Gasteiger partial charge in [-0.25, -0.2) is 8.42 Å². The van der Waals surface area contributed by atoms with Gasteiger partial charge in [-0.2, -0.15) is 4.31 Å². The first-order valence-corrected chi connectivity index (χ1v) is 6.48. The number of aryl methyl sites for hydroxylation is 2. The highest BCUT2D eigenvalue weighted by molar-refractivity contribution is 7.89. The zero-order valence-electron chi connectivity index (χ0n) is 9.26. The van der Waals surface area contributed by atoms with E-state index in [9.17, 15) is 8.42 Å². The molecule has 0 aliphatic carbocycles. The van der Waals surface area contributed by atoms with E-state index in [4.69, 9.17) is 9.26 Å². The summed E-state index contributed by atoms with van der Waals surface area (Å²) in [6.07, 6.45) is 0. The fourth-order valence-electron chi connectivity index (χ4n) is 1.76. The van der Waals surface area contributed by atoms with Gasteiger partial charge in [0, 0.05) is 13.1 Å². The molecule has 1 saturated heterocycles. The molecule has 0 amide bonds. The van der Waals surface area contributed by atoms with E-state index in [1.165, 1.54) is 4.31 Å². The van der Waals surface area contributed by atoms with Crippen molar-refractivity contribution in [3.05, 3.63) is 11.5 Å². The third kappa shape index (κ3) is 1.85. The molecule has 2 heterocycles. The molecule has 1 aliphatic rings. The second-order valence-electron chi connectivity index (χ2n) is 3.67. The maximum atomic E-state index is 12.3. The van der Waals surface area contributed by atoms with Crippen molar-refractivity contribution in [3.63, 3.8) is 0 Å². The van der Waals surface area contributed by atoms with Gasteiger partial charge in [0.25, 0.3) is 0 Å². The van der Waals surface area contributed by atoms with Crippen molar-refractivity contribution in [1.29, 1.82) is 0 Å². The van der Waals surface area contributed by atoms with E-state index in [0.29, 0.717) is 37.8 Å². The van der Waals surface area contributed by atoms with Crippen LogP contribution in [0.15, 0.2) is 9.42 Å². The van der Waals surface area contributed by atoms with E-state index in [1.807, 2.05) is 0 Å². The van der Waals surface area contributed by atoms with E-state index < -0.39 is 10.0 Å². The SMILES string of the molecule is Cc1noc(C)c1S(=O)(=O)N1CCOCC1. The molecule has 7 heteroatoms. The van der Waals surface area contributed by atoms with Gasteiger partial charge in [-0.15, -0.1) is 0 Å². The Morgan fingerprint density at radius 1 is 1.25 bits per heavy atom. The Hall–Kier alpha value is -0.920. The van der Waals surface area contributed by atoms with Gasteiger partial charge in [0.15, 0.2) is 5.76 Å². The van der Waals surface area contributed by atoms with Gasteiger partial charge in [0.1, 0.15) is 10.6 Å². The zero-order valence-corrected chi connectivity index (χ0v) is 10.1. The van der Waals surface area contributed by atoms with Crippen molar-refractivity contribution >= 4 is 10.0 Å². The van der Waals surface area contributed by atoms with E-state index in [1.54, 1.807) is 13.8 Å². The molecule has 0 saturated carbocycles. The Morgan fingerprint density at radius 3 is 2.38 bits per heavy atom. The number of ether oxygens (including phenoxy) is 1. The van der Waals surface area contributed by atoms with Crippen LogP contribution in [0.5, 0.6) is 0 Å². The molecule has 0 atom stereocenters. The maximum absolute atomic E-state index is 12.3. The first-order chi connectivity index (χ1) is 7.53. The standard InChI is InChI=1S/C9H14N2O4S/c1-7-9(8(2)15-10-7)16(12,13)11-3-5-14-6-4-11/h3-6H2,1-2H3. The molecule has 16 heavy (non-hydrogen) atoms. The normalized spacial score (nSPS) is 18.9. The number of hydrogen-bond acceptors (Lipinski definition) is 5. The molecule has 0 N–H and O–H groups in total. The lowest BCUT2D eigenvalue weighted by Gasteiger charge is -2.25. The molecular formula is C9H14N2O4S. The number of hydrogen-bond donors (Lipinski definition) is 0. The minimum atomic E-state index is -3.48. The third-order valence-electron chi connectivity index (χ3n) is 2.54. The minimum Gasteiger partial charge on any atom is -0.379 e. The lowest BCUT2D eigenvalue weighted by molar-refractivity contribution is 0.0730. The molecule has 2 rings (SSSR count). The molecule has 0 radical (unpaired) electrons. The van der Waals surface area contributed by atoms with Crippen LogP contribution in [0.25, 0.3) is 0 Å². The summed E-state index contributed by atoms with van der Waals surface area (Å²) in [4.78, 5) is 0.189. The predicted octanol–water partition coefficient (Wildman–Crippen LogP) is 0.312. The highest BCUT2D eigenvalue weighted by atomic mass is 32.2. The van der Waals surface area contributed by atoms with Crippen molar-refractivity contribution in [1.82, 2.24) is 9.46 Å². The van der Waals surface area contributed by atoms with Crippen LogP contribution in [0.3, 0.4) is 0 Å². The number of aromatic nitrogens is 1. The summed E-state index contributed by atoms with van der Waals surface area (Å²) in [5, 5.41) is 3.67. The summed E-state index contributed by atoms with van der Waals surface area (Å²) in [5.74, 6) is 0.337. The van der Waals surface area contributed by atoms with Crippen LogP contribution in [0.4, 0.5) is 0 Å². The van der Waals surface area contributed by atoms with Crippen LogP contribution in [-0.4, -0.2) is 44.2 Å². The molecule has 0 bridgehead atoms. The van der Waals surface area contributed by atoms with Crippen molar-refractivity contribution < 1.29 is 17.7 Å². The fourth-order valence-corrected chi connectivity index (χ4v) is 3.46. The van der Waals surface area contributed by atoms with Gasteiger partial charge in [0.05, 0.1) is 13.2 Å². The Kier molecular flexibility index (Phi) is 3.00. The summed E-state index contributed by atoms with van der Waals surface area (Å²) in [5.41, 5.74) is 0.406. The van der Waals surface area contributed by atoms with Crippen LogP contribution < -0.4 is 0 Å². The van der Waals surface area contributed by atoms with E-state index in [-0.39, 0.29) is 4.90 Å². The van der Waals surface area contributed by atoms with Gasteiger partial charge >= 0.3 is 0 Å². The molecule has 6 nitrogen and oxygen atoms in total. The van der Waals surface area contributed by atoms with Gasteiger partial charge in [-0.3, -0.25) is 0 Å². The Labute approximate surface area is 94.2 Å². The van der Waals surface area contributed by atoms with Crippen molar-refractivity contribution in [3.8, 4) is 0 Å². The number of rotatable bonds is 2. The Morgan fingerprint density at radius 2 is 1.88 bits per heavy atom. The van der Waals surface area contributed by atoms with Crippen LogP contribution in [0.2, 0.25) is 0 Å². The van der Waals surface area contributed by atoms with Gasteiger partial charge < -0.3 is 9.26 Å².